The van der Waals surface area contributed by atoms with Crippen molar-refractivity contribution < 1.29 is 0 Å². The van der Waals surface area contributed by atoms with Gasteiger partial charge in [-0.05, 0) is 45.9 Å². The molecule has 0 spiro atoms. The minimum atomic E-state index is 0.435. The van der Waals surface area contributed by atoms with E-state index in [2.05, 4.69) is 24.2 Å². The molecule has 0 aromatic carbocycles. The molecule has 2 rings (SSSR count). The van der Waals surface area contributed by atoms with Crippen molar-refractivity contribution in [3.8, 4) is 0 Å². The Kier molecular flexibility index (Phi) is 3.52. The number of piperidine rings is 1. The van der Waals surface area contributed by atoms with E-state index in [9.17, 15) is 0 Å². The zero-order valence-corrected chi connectivity index (χ0v) is 9.74. The summed E-state index contributed by atoms with van der Waals surface area (Å²) in [4.78, 5) is 9.25. The van der Waals surface area contributed by atoms with Gasteiger partial charge in [-0.15, -0.1) is 0 Å². The van der Waals surface area contributed by atoms with Crippen molar-refractivity contribution in [2.45, 2.75) is 45.2 Å². The van der Waals surface area contributed by atoms with Crippen LogP contribution in [0.5, 0.6) is 0 Å². The fourth-order valence-electron chi connectivity index (χ4n) is 2.49. The zero-order chi connectivity index (χ0) is 10.7. The van der Waals surface area contributed by atoms with Gasteiger partial charge in [-0.1, -0.05) is 0 Å². The maximum Gasteiger partial charge on any atom is 0.0623 e. The standard InChI is InChI=1S/C12H21N3/c1-9-12(5-7-14-9)10(2)15-11-4-3-6-13-8-11/h7,9,11-13H,3-6,8H2,1-2H3. The summed E-state index contributed by atoms with van der Waals surface area (Å²) in [5.41, 5.74) is 1.30. The van der Waals surface area contributed by atoms with Crippen LogP contribution >= 0.6 is 0 Å². The van der Waals surface area contributed by atoms with E-state index in [4.69, 9.17) is 4.99 Å². The SMILES string of the molecule is CC(=NC1CCCNC1)C1CC=NC1C. The lowest BCUT2D eigenvalue weighted by Gasteiger charge is -2.22. The lowest BCUT2D eigenvalue weighted by molar-refractivity contribution is 0.457. The summed E-state index contributed by atoms with van der Waals surface area (Å²) in [6.07, 6.45) is 5.63. The van der Waals surface area contributed by atoms with Crippen LogP contribution < -0.4 is 5.32 Å². The van der Waals surface area contributed by atoms with Crippen molar-refractivity contribution in [2.24, 2.45) is 15.9 Å². The van der Waals surface area contributed by atoms with Gasteiger partial charge in [0, 0.05) is 18.2 Å². The van der Waals surface area contributed by atoms with E-state index >= 15 is 0 Å². The van der Waals surface area contributed by atoms with Crippen LogP contribution in [0.4, 0.5) is 0 Å². The second-order valence-corrected chi connectivity index (χ2v) is 4.69. The molecule has 1 fully saturated rings. The molecule has 84 valence electrons. The van der Waals surface area contributed by atoms with Gasteiger partial charge in [0.15, 0.2) is 0 Å². The summed E-state index contributed by atoms with van der Waals surface area (Å²) in [6, 6.07) is 0.942. The van der Waals surface area contributed by atoms with Crippen LogP contribution in [0.3, 0.4) is 0 Å². The molecule has 2 heterocycles. The molecule has 0 aromatic rings. The molecule has 0 radical (unpaired) electrons. The maximum atomic E-state index is 4.84. The molecule has 3 unspecified atom stereocenters. The Hall–Kier alpha value is -0.700. The summed E-state index contributed by atoms with van der Waals surface area (Å²) < 4.78 is 0. The molecular formula is C12H21N3. The van der Waals surface area contributed by atoms with Crippen LogP contribution in [0.1, 0.15) is 33.1 Å². The smallest absolute Gasteiger partial charge is 0.0623 e. The van der Waals surface area contributed by atoms with Crippen molar-refractivity contribution >= 4 is 11.9 Å². The second-order valence-electron chi connectivity index (χ2n) is 4.69. The Morgan fingerprint density at radius 2 is 2.40 bits per heavy atom. The average Bonchev–Trinajstić information content (AvgIpc) is 2.66. The average molecular weight is 207 g/mol. The first-order valence-electron chi connectivity index (χ1n) is 6.04. The molecule has 3 atom stereocenters. The molecule has 0 aromatic heterocycles. The van der Waals surface area contributed by atoms with Gasteiger partial charge < -0.3 is 5.32 Å². The van der Waals surface area contributed by atoms with Gasteiger partial charge >= 0.3 is 0 Å². The molecule has 2 aliphatic rings. The monoisotopic (exact) mass is 207 g/mol. The lowest BCUT2D eigenvalue weighted by Crippen LogP contribution is -2.33. The van der Waals surface area contributed by atoms with E-state index in [0.717, 1.165) is 19.5 Å². The van der Waals surface area contributed by atoms with Gasteiger partial charge in [-0.25, -0.2) is 0 Å². The predicted molar refractivity (Wildman–Crippen MR) is 65.1 cm³/mol. The van der Waals surface area contributed by atoms with Crippen LogP contribution in [-0.4, -0.2) is 37.1 Å². The van der Waals surface area contributed by atoms with Gasteiger partial charge in [0.2, 0.25) is 0 Å². The lowest BCUT2D eigenvalue weighted by atomic mass is 9.96. The summed E-state index contributed by atoms with van der Waals surface area (Å²) in [5, 5.41) is 3.40. The number of hydrogen-bond acceptors (Lipinski definition) is 3. The molecule has 0 saturated carbocycles. The second kappa shape index (κ2) is 4.88. The number of hydrogen-bond donors (Lipinski definition) is 1. The van der Waals surface area contributed by atoms with Crippen LogP contribution in [0.2, 0.25) is 0 Å². The Morgan fingerprint density at radius 3 is 3.00 bits per heavy atom. The largest absolute Gasteiger partial charge is 0.315 e. The Balaban J connectivity index is 1.93. The summed E-state index contributed by atoms with van der Waals surface area (Å²) in [5.74, 6) is 0.562. The van der Waals surface area contributed by atoms with Crippen LogP contribution in [0.15, 0.2) is 9.98 Å². The third-order valence-corrected chi connectivity index (χ3v) is 3.48. The highest BCUT2D eigenvalue weighted by Gasteiger charge is 2.23. The highest BCUT2D eigenvalue weighted by atomic mass is 15.0. The van der Waals surface area contributed by atoms with E-state index in [1.807, 2.05) is 6.21 Å². The Bertz CT molecular complexity index is 264. The van der Waals surface area contributed by atoms with Gasteiger partial charge in [0.25, 0.3) is 0 Å². The zero-order valence-electron chi connectivity index (χ0n) is 9.74. The van der Waals surface area contributed by atoms with E-state index in [-0.39, 0.29) is 0 Å². The molecule has 0 aliphatic carbocycles. The minimum Gasteiger partial charge on any atom is -0.315 e. The summed E-state index contributed by atoms with van der Waals surface area (Å²) >= 11 is 0. The van der Waals surface area contributed by atoms with Crippen molar-refractivity contribution in [1.29, 1.82) is 0 Å². The molecular weight excluding hydrogens is 186 g/mol. The molecule has 2 aliphatic heterocycles. The fourth-order valence-corrected chi connectivity index (χ4v) is 2.49. The number of aliphatic imine (C=N–C) groups is 2. The molecule has 1 N–H and O–H groups in total. The summed E-state index contributed by atoms with van der Waals surface area (Å²) in [7, 11) is 0. The number of nitrogens with one attached hydrogen (secondary N) is 1. The molecule has 1 saturated heterocycles. The van der Waals surface area contributed by atoms with Gasteiger partial charge in [-0.2, -0.15) is 0 Å². The molecule has 0 bridgehead atoms. The Labute approximate surface area is 92.1 Å². The van der Waals surface area contributed by atoms with E-state index in [1.54, 1.807) is 0 Å². The van der Waals surface area contributed by atoms with Crippen LogP contribution in [0.25, 0.3) is 0 Å². The van der Waals surface area contributed by atoms with Gasteiger partial charge in [0.1, 0.15) is 0 Å². The first-order chi connectivity index (χ1) is 7.27. The van der Waals surface area contributed by atoms with Crippen molar-refractivity contribution in [3.05, 3.63) is 0 Å². The van der Waals surface area contributed by atoms with Gasteiger partial charge in [-0.3, -0.25) is 9.98 Å². The number of rotatable bonds is 2. The normalized spacial score (nSPS) is 37.2. The van der Waals surface area contributed by atoms with Gasteiger partial charge in [0.05, 0.1) is 12.1 Å². The van der Waals surface area contributed by atoms with Crippen molar-refractivity contribution in [3.63, 3.8) is 0 Å². The maximum absolute atomic E-state index is 4.84. The highest BCUT2D eigenvalue weighted by Crippen LogP contribution is 2.20. The van der Waals surface area contributed by atoms with Crippen molar-refractivity contribution in [2.75, 3.05) is 13.1 Å². The first-order valence-corrected chi connectivity index (χ1v) is 6.04. The molecule has 3 nitrogen and oxygen atoms in total. The van der Waals surface area contributed by atoms with Crippen molar-refractivity contribution in [1.82, 2.24) is 5.32 Å². The Morgan fingerprint density at radius 1 is 1.53 bits per heavy atom. The quantitative estimate of drug-likeness (QED) is 0.687. The molecule has 15 heavy (non-hydrogen) atoms. The highest BCUT2D eigenvalue weighted by molar-refractivity contribution is 5.88. The van der Waals surface area contributed by atoms with E-state index in [0.29, 0.717) is 18.0 Å². The molecule has 3 heteroatoms. The minimum absolute atomic E-state index is 0.435. The number of nitrogens with zero attached hydrogens (tertiary/aromatic N) is 2. The predicted octanol–water partition coefficient (Wildman–Crippen LogP) is 1.68. The summed E-state index contributed by atoms with van der Waals surface area (Å²) in [6.45, 7) is 6.57. The topological polar surface area (TPSA) is 36.8 Å². The van der Waals surface area contributed by atoms with Crippen LogP contribution in [-0.2, 0) is 0 Å². The van der Waals surface area contributed by atoms with Crippen LogP contribution in [0, 0.1) is 5.92 Å². The first kappa shape index (κ1) is 10.8. The fraction of sp³-hybridized carbons (Fsp3) is 0.833. The third-order valence-electron chi connectivity index (χ3n) is 3.48. The van der Waals surface area contributed by atoms with E-state index in [1.165, 1.54) is 18.6 Å². The van der Waals surface area contributed by atoms with E-state index < -0.39 is 0 Å². The third kappa shape index (κ3) is 2.65. The molecule has 0 amide bonds.